The second kappa shape index (κ2) is 7.49. The number of methoxy groups -OCH3 is 1. The molecule has 0 radical (unpaired) electrons. The first-order valence-corrected chi connectivity index (χ1v) is 8.80. The average molecular weight is 344 g/mol. The lowest BCUT2D eigenvalue weighted by atomic mass is 10.1. The number of rotatable bonds is 6. The van der Waals surface area contributed by atoms with Crippen molar-refractivity contribution in [2.24, 2.45) is 5.92 Å². The molecule has 1 aromatic heterocycles. The van der Waals surface area contributed by atoms with Crippen LogP contribution in [0.15, 0.2) is 41.8 Å². The molecule has 5 nitrogen and oxygen atoms in total. The first-order valence-electron chi connectivity index (χ1n) is 7.92. The fourth-order valence-electron chi connectivity index (χ4n) is 2.88. The number of thiophene rings is 1. The maximum absolute atomic E-state index is 12.3. The monoisotopic (exact) mass is 344 g/mol. The van der Waals surface area contributed by atoms with Crippen molar-refractivity contribution in [1.82, 2.24) is 5.32 Å². The van der Waals surface area contributed by atoms with Gasteiger partial charge in [-0.05, 0) is 30.0 Å². The molecule has 1 fully saturated rings. The summed E-state index contributed by atoms with van der Waals surface area (Å²) in [4.78, 5) is 27.5. The summed E-state index contributed by atoms with van der Waals surface area (Å²) in [5, 5.41) is 4.97. The fraction of sp³-hybridized carbons (Fsp3) is 0.333. The SMILES string of the molecule is COc1ccccc1N1CC(C(=O)NCCc2cccs2)CC1=O. The molecule has 1 N–H and O–H groups in total. The molecule has 1 unspecified atom stereocenters. The van der Waals surface area contributed by atoms with Crippen LogP contribution in [0.4, 0.5) is 5.69 Å². The number of amides is 2. The molecule has 2 heterocycles. The molecule has 2 aromatic rings. The van der Waals surface area contributed by atoms with E-state index in [1.54, 1.807) is 23.3 Å². The second-order valence-corrected chi connectivity index (χ2v) is 6.73. The Labute approximate surface area is 145 Å². The van der Waals surface area contributed by atoms with E-state index in [2.05, 4.69) is 11.4 Å². The summed E-state index contributed by atoms with van der Waals surface area (Å²) in [6.45, 7) is 0.989. The van der Waals surface area contributed by atoms with Gasteiger partial charge in [-0.3, -0.25) is 9.59 Å². The number of hydrogen-bond acceptors (Lipinski definition) is 4. The lowest BCUT2D eigenvalue weighted by Gasteiger charge is -2.19. The zero-order valence-electron chi connectivity index (χ0n) is 13.5. The summed E-state index contributed by atoms with van der Waals surface area (Å²) >= 11 is 1.68. The molecule has 24 heavy (non-hydrogen) atoms. The van der Waals surface area contributed by atoms with Gasteiger partial charge >= 0.3 is 0 Å². The van der Waals surface area contributed by atoms with Crippen LogP contribution in [0.25, 0.3) is 0 Å². The maximum Gasteiger partial charge on any atom is 0.227 e. The highest BCUT2D eigenvalue weighted by atomic mass is 32.1. The largest absolute Gasteiger partial charge is 0.495 e. The minimum atomic E-state index is -0.314. The van der Waals surface area contributed by atoms with Gasteiger partial charge in [0, 0.05) is 24.4 Å². The quantitative estimate of drug-likeness (QED) is 0.876. The number of nitrogens with zero attached hydrogens (tertiary/aromatic N) is 1. The third-order valence-electron chi connectivity index (χ3n) is 4.12. The van der Waals surface area contributed by atoms with Crippen LogP contribution in [-0.2, 0) is 16.0 Å². The standard InChI is InChI=1S/C18H20N2O3S/c1-23-16-7-3-2-6-15(16)20-12-13(11-17(20)21)18(22)19-9-8-14-5-4-10-24-14/h2-7,10,13H,8-9,11-12H2,1H3,(H,19,22). The number of ether oxygens (including phenoxy) is 1. The first-order chi connectivity index (χ1) is 11.7. The number of nitrogens with one attached hydrogen (secondary N) is 1. The van der Waals surface area contributed by atoms with Crippen molar-refractivity contribution in [2.45, 2.75) is 12.8 Å². The van der Waals surface area contributed by atoms with Gasteiger partial charge in [0.1, 0.15) is 5.75 Å². The highest BCUT2D eigenvalue weighted by Crippen LogP contribution is 2.32. The van der Waals surface area contributed by atoms with E-state index in [0.717, 1.165) is 12.1 Å². The number of hydrogen-bond donors (Lipinski definition) is 1. The highest BCUT2D eigenvalue weighted by Gasteiger charge is 2.36. The van der Waals surface area contributed by atoms with E-state index in [0.29, 0.717) is 18.8 Å². The molecule has 126 valence electrons. The van der Waals surface area contributed by atoms with Gasteiger partial charge in [-0.25, -0.2) is 0 Å². The van der Waals surface area contributed by atoms with Crippen LogP contribution in [-0.4, -0.2) is 32.0 Å². The maximum atomic E-state index is 12.3. The van der Waals surface area contributed by atoms with Crippen molar-refractivity contribution in [3.8, 4) is 5.75 Å². The number of anilines is 1. The van der Waals surface area contributed by atoms with Crippen molar-refractivity contribution in [1.29, 1.82) is 0 Å². The molecule has 1 saturated heterocycles. The summed E-state index contributed by atoms with van der Waals surface area (Å²) < 4.78 is 5.31. The van der Waals surface area contributed by atoms with Crippen LogP contribution in [0, 0.1) is 5.92 Å². The first kappa shape index (κ1) is 16.5. The third-order valence-corrected chi connectivity index (χ3v) is 5.06. The van der Waals surface area contributed by atoms with Gasteiger partial charge in [-0.15, -0.1) is 11.3 Å². The molecule has 3 rings (SSSR count). The van der Waals surface area contributed by atoms with E-state index in [1.807, 2.05) is 35.7 Å². The molecule has 1 aliphatic heterocycles. The van der Waals surface area contributed by atoms with Crippen molar-refractivity contribution >= 4 is 28.8 Å². The van der Waals surface area contributed by atoms with Crippen LogP contribution in [0.1, 0.15) is 11.3 Å². The molecule has 0 saturated carbocycles. The number of carbonyl (C=O) groups excluding carboxylic acids is 2. The van der Waals surface area contributed by atoms with Crippen molar-refractivity contribution in [2.75, 3.05) is 25.1 Å². The lowest BCUT2D eigenvalue weighted by molar-refractivity contribution is -0.126. The van der Waals surface area contributed by atoms with Crippen molar-refractivity contribution in [3.63, 3.8) is 0 Å². The Kier molecular flexibility index (Phi) is 5.15. The number of benzene rings is 1. The van der Waals surface area contributed by atoms with Gasteiger partial charge < -0.3 is 15.0 Å². The van der Waals surface area contributed by atoms with Crippen molar-refractivity contribution < 1.29 is 14.3 Å². The number of carbonyl (C=O) groups is 2. The zero-order chi connectivity index (χ0) is 16.9. The van der Waals surface area contributed by atoms with Gasteiger partial charge in [0.05, 0.1) is 18.7 Å². The zero-order valence-corrected chi connectivity index (χ0v) is 14.3. The lowest BCUT2D eigenvalue weighted by Crippen LogP contribution is -2.34. The summed E-state index contributed by atoms with van der Waals surface area (Å²) in [5.74, 6) is 0.227. The third kappa shape index (κ3) is 3.59. The molecular formula is C18H20N2O3S. The minimum Gasteiger partial charge on any atom is -0.495 e. The Bertz CT molecular complexity index is 715. The molecule has 0 aliphatic carbocycles. The van der Waals surface area contributed by atoms with E-state index in [9.17, 15) is 9.59 Å². The van der Waals surface area contributed by atoms with Gasteiger partial charge in [-0.1, -0.05) is 18.2 Å². The number of para-hydroxylation sites is 2. The highest BCUT2D eigenvalue weighted by molar-refractivity contribution is 7.09. The van der Waals surface area contributed by atoms with Gasteiger partial charge in [-0.2, -0.15) is 0 Å². The molecule has 0 bridgehead atoms. The van der Waals surface area contributed by atoms with Gasteiger partial charge in [0.15, 0.2) is 0 Å². The van der Waals surface area contributed by atoms with Crippen LogP contribution < -0.4 is 15.0 Å². The van der Waals surface area contributed by atoms with E-state index in [1.165, 1.54) is 4.88 Å². The van der Waals surface area contributed by atoms with Gasteiger partial charge in [0.2, 0.25) is 11.8 Å². The second-order valence-electron chi connectivity index (χ2n) is 5.70. The van der Waals surface area contributed by atoms with E-state index < -0.39 is 0 Å². The smallest absolute Gasteiger partial charge is 0.227 e. The Morgan fingerprint density at radius 1 is 1.33 bits per heavy atom. The Morgan fingerprint density at radius 3 is 2.92 bits per heavy atom. The van der Waals surface area contributed by atoms with E-state index >= 15 is 0 Å². The van der Waals surface area contributed by atoms with Crippen LogP contribution in [0.2, 0.25) is 0 Å². The predicted octanol–water partition coefficient (Wildman–Crippen LogP) is 2.47. The summed E-state index contributed by atoms with van der Waals surface area (Å²) in [6, 6.07) is 11.4. The predicted molar refractivity (Wildman–Crippen MR) is 94.5 cm³/mol. The molecule has 0 spiro atoms. The fourth-order valence-corrected chi connectivity index (χ4v) is 3.59. The van der Waals surface area contributed by atoms with Gasteiger partial charge in [0.25, 0.3) is 0 Å². The van der Waals surface area contributed by atoms with Crippen LogP contribution >= 0.6 is 11.3 Å². The molecule has 2 amide bonds. The van der Waals surface area contributed by atoms with Crippen molar-refractivity contribution in [3.05, 3.63) is 46.7 Å². The van der Waals surface area contributed by atoms with E-state index in [4.69, 9.17) is 4.74 Å². The Morgan fingerprint density at radius 2 is 2.17 bits per heavy atom. The normalized spacial score (nSPS) is 17.1. The Hall–Kier alpha value is -2.34. The molecule has 1 aliphatic rings. The molecule has 1 atom stereocenters. The molecular weight excluding hydrogens is 324 g/mol. The molecule has 6 heteroatoms. The minimum absolute atomic E-state index is 0.0436. The van der Waals surface area contributed by atoms with Crippen LogP contribution in [0.3, 0.4) is 0 Å². The molecule has 1 aromatic carbocycles. The van der Waals surface area contributed by atoms with E-state index in [-0.39, 0.29) is 24.2 Å². The Balaban J connectivity index is 1.58. The summed E-state index contributed by atoms with van der Waals surface area (Å²) in [5.41, 5.74) is 0.721. The average Bonchev–Trinajstić information content (AvgIpc) is 3.24. The van der Waals surface area contributed by atoms with Crippen LogP contribution in [0.5, 0.6) is 5.75 Å². The summed E-state index contributed by atoms with van der Waals surface area (Å²) in [6.07, 6.45) is 1.06. The summed E-state index contributed by atoms with van der Waals surface area (Å²) in [7, 11) is 1.58. The topological polar surface area (TPSA) is 58.6 Å².